The molecule has 2 heterocycles. The molecular weight excluding hydrogens is 264 g/mol. The van der Waals surface area contributed by atoms with Crippen molar-refractivity contribution in [2.45, 2.75) is 25.8 Å². The van der Waals surface area contributed by atoms with Crippen molar-refractivity contribution in [1.82, 2.24) is 19.9 Å². The lowest BCUT2D eigenvalue weighted by atomic mass is 10.3. The molecular formula is C12H21ClN6. The molecule has 0 saturated carbocycles. The van der Waals surface area contributed by atoms with Gasteiger partial charge in [0.05, 0.1) is 0 Å². The second-order valence-corrected chi connectivity index (χ2v) is 5.43. The predicted molar refractivity (Wildman–Crippen MR) is 77.9 cm³/mol. The maximum absolute atomic E-state index is 5.90. The SMILES string of the molecule is CC(CNc1nc(Cl)nc(N(C)C)n1)N1CCCC1. The molecule has 1 fully saturated rings. The van der Waals surface area contributed by atoms with Crippen molar-refractivity contribution >= 4 is 23.5 Å². The number of anilines is 2. The molecule has 1 aromatic rings. The fourth-order valence-electron chi connectivity index (χ4n) is 2.17. The number of aromatic nitrogens is 3. The van der Waals surface area contributed by atoms with E-state index < -0.39 is 0 Å². The number of rotatable bonds is 5. The Morgan fingerprint density at radius 1 is 1.26 bits per heavy atom. The van der Waals surface area contributed by atoms with Crippen LogP contribution >= 0.6 is 11.6 Å². The van der Waals surface area contributed by atoms with Crippen LogP contribution in [-0.2, 0) is 0 Å². The van der Waals surface area contributed by atoms with Crippen molar-refractivity contribution in [3.63, 3.8) is 0 Å². The third-order valence-electron chi connectivity index (χ3n) is 3.32. The highest BCUT2D eigenvalue weighted by atomic mass is 35.5. The van der Waals surface area contributed by atoms with Crippen LogP contribution < -0.4 is 10.2 Å². The fraction of sp³-hybridized carbons (Fsp3) is 0.750. The van der Waals surface area contributed by atoms with Gasteiger partial charge in [-0.15, -0.1) is 0 Å². The second kappa shape index (κ2) is 6.34. The molecule has 0 spiro atoms. The van der Waals surface area contributed by atoms with Gasteiger partial charge in [0.1, 0.15) is 0 Å². The average molecular weight is 285 g/mol. The van der Waals surface area contributed by atoms with E-state index in [9.17, 15) is 0 Å². The van der Waals surface area contributed by atoms with Crippen molar-refractivity contribution in [1.29, 1.82) is 0 Å². The summed E-state index contributed by atoms with van der Waals surface area (Å²) in [6.45, 7) is 5.40. The van der Waals surface area contributed by atoms with Crippen molar-refractivity contribution in [2.24, 2.45) is 0 Å². The predicted octanol–water partition coefficient (Wildman–Crippen LogP) is 1.49. The molecule has 0 aliphatic carbocycles. The van der Waals surface area contributed by atoms with Gasteiger partial charge in [-0.3, -0.25) is 4.90 Å². The summed E-state index contributed by atoms with van der Waals surface area (Å²) in [6, 6.07) is 0.473. The summed E-state index contributed by atoms with van der Waals surface area (Å²) in [7, 11) is 3.75. The van der Waals surface area contributed by atoms with Crippen LogP contribution in [0.25, 0.3) is 0 Å². The molecule has 6 nitrogen and oxygen atoms in total. The number of nitrogens with zero attached hydrogens (tertiary/aromatic N) is 5. The van der Waals surface area contributed by atoms with Crippen LogP contribution in [0.3, 0.4) is 0 Å². The average Bonchev–Trinajstić information content (AvgIpc) is 2.89. The second-order valence-electron chi connectivity index (χ2n) is 5.10. The van der Waals surface area contributed by atoms with E-state index in [0.29, 0.717) is 17.9 Å². The van der Waals surface area contributed by atoms with Crippen molar-refractivity contribution < 1.29 is 0 Å². The van der Waals surface area contributed by atoms with Gasteiger partial charge in [-0.2, -0.15) is 15.0 Å². The van der Waals surface area contributed by atoms with E-state index in [0.717, 1.165) is 6.54 Å². The molecule has 0 aromatic carbocycles. The Kier molecular flexibility index (Phi) is 4.76. The first kappa shape index (κ1) is 14.3. The molecule has 1 N–H and O–H groups in total. The number of hydrogen-bond acceptors (Lipinski definition) is 6. The summed E-state index contributed by atoms with van der Waals surface area (Å²) in [4.78, 5) is 16.8. The van der Waals surface area contributed by atoms with Gasteiger partial charge in [0, 0.05) is 26.7 Å². The van der Waals surface area contributed by atoms with E-state index in [1.54, 1.807) is 0 Å². The molecule has 19 heavy (non-hydrogen) atoms. The van der Waals surface area contributed by atoms with E-state index >= 15 is 0 Å². The number of halogens is 1. The Morgan fingerprint density at radius 2 is 1.95 bits per heavy atom. The highest BCUT2D eigenvalue weighted by Crippen LogP contribution is 2.14. The van der Waals surface area contributed by atoms with Crippen molar-refractivity contribution in [3.05, 3.63) is 5.28 Å². The summed E-state index contributed by atoms with van der Waals surface area (Å²) in [6.07, 6.45) is 2.60. The minimum absolute atomic E-state index is 0.218. The quantitative estimate of drug-likeness (QED) is 0.884. The molecule has 0 bridgehead atoms. The highest BCUT2D eigenvalue weighted by Gasteiger charge is 2.18. The molecule has 1 atom stereocenters. The number of likely N-dealkylation sites (tertiary alicyclic amines) is 1. The van der Waals surface area contributed by atoms with E-state index in [2.05, 4.69) is 32.1 Å². The minimum atomic E-state index is 0.218. The molecule has 1 aliphatic heterocycles. The molecule has 106 valence electrons. The Labute approximate surface area is 119 Å². The lowest BCUT2D eigenvalue weighted by Crippen LogP contribution is -2.35. The van der Waals surface area contributed by atoms with Crippen molar-refractivity contribution in [3.8, 4) is 0 Å². The summed E-state index contributed by atoms with van der Waals surface area (Å²) < 4.78 is 0. The van der Waals surface area contributed by atoms with Crippen LogP contribution in [0.4, 0.5) is 11.9 Å². The standard InChI is InChI=1S/C12H21ClN6/c1-9(19-6-4-5-7-19)8-14-11-15-10(13)16-12(17-11)18(2)3/h9H,4-8H2,1-3H3,(H,14,15,16,17). The molecule has 0 radical (unpaired) electrons. The van der Waals surface area contributed by atoms with Gasteiger partial charge in [0.25, 0.3) is 0 Å². The first-order valence-electron chi connectivity index (χ1n) is 6.63. The Balaban J connectivity index is 1.94. The van der Waals surface area contributed by atoms with E-state index in [1.807, 2.05) is 19.0 Å². The van der Waals surface area contributed by atoms with Gasteiger partial charge in [0.2, 0.25) is 17.2 Å². The van der Waals surface area contributed by atoms with Crippen LogP contribution in [0.1, 0.15) is 19.8 Å². The van der Waals surface area contributed by atoms with Gasteiger partial charge in [-0.05, 0) is 44.5 Å². The summed E-state index contributed by atoms with van der Waals surface area (Å²) in [5.41, 5.74) is 0. The normalized spacial score (nSPS) is 17.5. The molecule has 1 aromatic heterocycles. The smallest absolute Gasteiger partial charge is 0.230 e. The van der Waals surface area contributed by atoms with E-state index in [-0.39, 0.29) is 5.28 Å². The van der Waals surface area contributed by atoms with Gasteiger partial charge >= 0.3 is 0 Å². The maximum atomic E-state index is 5.90. The van der Waals surface area contributed by atoms with Crippen LogP contribution in [0.5, 0.6) is 0 Å². The van der Waals surface area contributed by atoms with Gasteiger partial charge in [-0.25, -0.2) is 0 Å². The third-order valence-corrected chi connectivity index (χ3v) is 3.48. The Hall–Kier alpha value is -1.14. The fourth-order valence-corrected chi connectivity index (χ4v) is 2.32. The zero-order valence-corrected chi connectivity index (χ0v) is 12.5. The van der Waals surface area contributed by atoms with Crippen LogP contribution in [0, 0.1) is 0 Å². The van der Waals surface area contributed by atoms with Crippen LogP contribution in [0.2, 0.25) is 5.28 Å². The first-order chi connectivity index (χ1) is 9.06. The largest absolute Gasteiger partial charge is 0.352 e. The third kappa shape index (κ3) is 3.91. The topological polar surface area (TPSA) is 57.2 Å². The van der Waals surface area contributed by atoms with Crippen LogP contribution in [0.15, 0.2) is 0 Å². The van der Waals surface area contributed by atoms with Gasteiger partial charge in [0.15, 0.2) is 0 Å². The number of nitrogens with one attached hydrogen (secondary N) is 1. The molecule has 0 amide bonds. The first-order valence-corrected chi connectivity index (χ1v) is 7.01. The molecule has 7 heteroatoms. The van der Waals surface area contributed by atoms with Crippen molar-refractivity contribution in [2.75, 3.05) is 43.9 Å². The molecule has 1 unspecified atom stereocenters. The lowest BCUT2D eigenvalue weighted by Gasteiger charge is -2.23. The minimum Gasteiger partial charge on any atom is -0.352 e. The Morgan fingerprint density at radius 3 is 2.58 bits per heavy atom. The zero-order valence-electron chi connectivity index (χ0n) is 11.7. The lowest BCUT2D eigenvalue weighted by molar-refractivity contribution is 0.269. The summed E-state index contributed by atoms with van der Waals surface area (Å²) in [5, 5.41) is 3.46. The molecule has 1 aliphatic rings. The van der Waals surface area contributed by atoms with E-state index in [1.165, 1.54) is 25.9 Å². The summed E-state index contributed by atoms with van der Waals surface area (Å²) >= 11 is 5.90. The summed E-state index contributed by atoms with van der Waals surface area (Å²) in [5.74, 6) is 1.10. The maximum Gasteiger partial charge on any atom is 0.230 e. The highest BCUT2D eigenvalue weighted by molar-refractivity contribution is 6.28. The Bertz CT molecular complexity index is 419. The van der Waals surface area contributed by atoms with Crippen LogP contribution in [-0.4, -0.2) is 59.6 Å². The monoisotopic (exact) mass is 284 g/mol. The molecule has 1 saturated heterocycles. The van der Waals surface area contributed by atoms with Gasteiger partial charge in [-0.1, -0.05) is 0 Å². The number of hydrogen-bond donors (Lipinski definition) is 1. The zero-order chi connectivity index (χ0) is 13.8. The molecule has 2 rings (SSSR count). The van der Waals surface area contributed by atoms with E-state index in [4.69, 9.17) is 11.6 Å². The van der Waals surface area contributed by atoms with Gasteiger partial charge < -0.3 is 10.2 Å².